The molecule has 1 spiro atoms. The minimum absolute atomic E-state index is 0.0446. The van der Waals surface area contributed by atoms with Crippen molar-refractivity contribution in [3.05, 3.63) is 27.4 Å². The lowest BCUT2D eigenvalue weighted by atomic mass is 9.61. The van der Waals surface area contributed by atoms with Gasteiger partial charge in [0.1, 0.15) is 0 Å². The number of hydrogen-bond donors (Lipinski definition) is 2. The molecule has 3 N–H and O–H groups in total. The zero-order valence-electron chi connectivity index (χ0n) is 20.9. The summed E-state index contributed by atoms with van der Waals surface area (Å²) >= 11 is 13.4. The normalized spacial score (nSPS) is 24.2. The number of rotatable bonds is 4. The smallest absolute Gasteiger partial charge is 0.159 e. The molecule has 0 bridgehead atoms. The number of aromatic nitrogens is 2. The molecule has 8 heteroatoms. The van der Waals surface area contributed by atoms with Crippen LogP contribution in [-0.4, -0.2) is 53.1 Å². The molecule has 1 saturated carbocycles. The van der Waals surface area contributed by atoms with Gasteiger partial charge in [0, 0.05) is 59.5 Å². The summed E-state index contributed by atoms with van der Waals surface area (Å²) in [5.41, 5.74) is 10.6. The maximum Gasteiger partial charge on any atom is 0.159 e. The van der Waals surface area contributed by atoms with Crippen LogP contribution in [0.3, 0.4) is 0 Å². The van der Waals surface area contributed by atoms with Gasteiger partial charge in [0.25, 0.3) is 0 Å². The van der Waals surface area contributed by atoms with E-state index in [0.717, 1.165) is 54.9 Å². The molecule has 1 aromatic carbocycles. The lowest BCUT2D eigenvalue weighted by Gasteiger charge is -2.58. The number of nitrogens with two attached hydrogens (primary N) is 1. The number of hydrogen-bond acceptors (Lipinski definition) is 5. The van der Waals surface area contributed by atoms with Gasteiger partial charge in [0.15, 0.2) is 5.82 Å². The predicted molar refractivity (Wildman–Crippen MR) is 143 cm³/mol. The zero-order chi connectivity index (χ0) is 24.6. The Morgan fingerprint density at radius 2 is 1.85 bits per heavy atom. The van der Waals surface area contributed by atoms with E-state index >= 15 is 0 Å². The molecule has 2 aliphatic heterocycles. The monoisotopic (exact) mass is 502 g/mol. The Kier molecular flexibility index (Phi) is 5.74. The lowest BCUT2D eigenvalue weighted by molar-refractivity contribution is -0.0790. The molecule has 6 nitrogen and oxygen atoms in total. The number of piperidine rings is 1. The third kappa shape index (κ3) is 3.64. The zero-order valence-corrected chi connectivity index (χ0v) is 22.4. The number of nitrogen functional groups attached to an aromatic ring is 1. The Morgan fingerprint density at radius 1 is 1.18 bits per heavy atom. The third-order valence-electron chi connectivity index (χ3n) is 8.39. The average Bonchev–Trinajstić information content (AvgIpc) is 3.01. The summed E-state index contributed by atoms with van der Waals surface area (Å²) in [6, 6.07) is 2.02. The molecule has 34 heavy (non-hydrogen) atoms. The van der Waals surface area contributed by atoms with Crippen LogP contribution in [0.1, 0.15) is 63.8 Å². The van der Waals surface area contributed by atoms with Gasteiger partial charge in [-0.1, -0.05) is 30.1 Å². The van der Waals surface area contributed by atoms with Gasteiger partial charge in [0.05, 0.1) is 16.1 Å². The fraction of sp³-hybridized carbons (Fsp3) is 0.615. The first-order valence-corrected chi connectivity index (χ1v) is 13.1. The van der Waals surface area contributed by atoms with Crippen molar-refractivity contribution in [2.45, 2.75) is 65.0 Å². The van der Waals surface area contributed by atoms with Gasteiger partial charge in [-0.25, -0.2) is 0 Å². The standard InChI is InChI=1S/C26H36Cl2N6/c1-15-6-7-33(25(3,4)9-15)24-21(22-18(12-29)20(30)8-19(27)23(22)28)16(2)34(31-24)17-10-26(11-17)13-32(5)14-26/h8,12,15,17,29H,6-7,9-11,13-14,30H2,1-5H3/t15-/m1/s1. The molecular formula is C26H36Cl2N6. The van der Waals surface area contributed by atoms with E-state index in [1.807, 2.05) is 0 Å². The Morgan fingerprint density at radius 3 is 2.44 bits per heavy atom. The summed E-state index contributed by atoms with van der Waals surface area (Å²) in [6.45, 7) is 12.3. The molecule has 1 aliphatic carbocycles. The molecule has 5 rings (SSSR count). The summed E-state index contributed by atoms with van der Waals surface area (Å²) in [7, 11) is 2.19. The van der Waals surface area contributed by atoms with Crippen molar-refractivity contribution in [2.75, 3.05) is 37.3 Å². The van der Waals surface area contributed by atoms with Crippen LogP contribution >= 0.6 is 23.2 Å². The van der Waals surface area contributed by atoms with Gasteiger partial charge in [-0.05, 0) is 70.9 Å². The number of halogens is 2. The van der Waals surface area contributed by atoms with Crippen LogP contribution in [0.25, 0.3) is 11.1 Å². The largest absolute Gasteiger partial charge is 0.398 e. The van der Waals surface area contributed by atoms with E-state index in [1.54, 1.807) is 6.07 Å². The maximum atomic E-state index is 8.12. The van der Waals surface area contributed by atoms with Crippen LogP contribution in [-0.2, 0) is 0 Å². The predicted octanol–water partition coefficient (Wildman–Crippen LogP) is 6.03. The summed E-state index contributed by atoms with van der Waals surface area (Å²) in [4.78, 5) is 4.84. The van der Waals surface area contributed by atoms with Crippen molar-refractivity contribution in [1.82, 2.24) is 14.7 Å². The SMILES string of the molecule is Cc1c(-c2c(Cl)c(Cl)cc(N)c2C=N)c(N2CC[C@@H](C)CC2(C)C)nn1C1CC2(C1)CN(C)C2. The van der Waals surface area contributed by atoms with Crippen LogP contribution in [0, 0.1) is 23.7 Å². The number of nitrogens with zero attached hydrogens (tertiary/aromatic N) is 4. The molecule has 184 valence electrons. The van der Waals surface area contributed by atoms with Crippen molar-refractivity contribution in [3.63, 3.8) is 0 Å². The van der Waals surface area contributed by atoms with Crippen molar-refractivity contribution >= 4 is 40.9 Å². The number of likely N-dealkylation sites (tertiary alicyclic amines) is 1. The second-order valence-corrected chi connectivity index (χ2v) is 12.5. The fourth-order valence-electron chi connectivity index (χ4n) is 6.98. The minimum atomic E-state index is -0.0446. The van der Waals surface area contributed by atoms with Gasteiger partial charge in [-0.15, -0.1) is 0 Å². The van der Waals surface area contributed by atoms with Crippen LogP contribution in [0.4, 0.5) is 11.5 Å². The first-order valence-electron chi connectivity index (χ1n) is 12.3. The van der Waals surface area contributed by atoms with Crippen molar-refractivity contribution in [2.24, 2.45) is 11.3 Å². The highest BCUT2D eigenvalue weighted by molar-refractivity contribution is 6.44. The van der Waals surface area contributed by atoms with E-state index in [-0.39, 0.29) is 5.54 Å². The summed E-state index contributed by atoms with van der Waals surface area (Å²) in [6.07, 6.45) is 5.82. The van der Waals surface area contributed by atoms with Gasteiger partial charge < -0.3 is 20.9 Å². The van der Waals surface area contributed by atoms with Crippen molar-refractivity contribution in [1.29, 1.82) is 5.41 Å². The fourth-order valence-corrected chi connectivity index (χ4v) is 7.44. The van der Waals surface area contributed by atoms with Gasteiger partial charge in [-0.3, -0.25) is 4.68 Å². The van der Waals surface area contributed by atoms with E-state index in [2.05, 4.69) is 49.2 Å². The average molecular weight is 504 g/mol. The first-order chi connectivity index (χ1) is 16.0. The van der Waals surface area contributed by atoms with Gasteiger partial charge in [0.2, 0.25) is 0 Å². The van der Waals surface area contributed by atoms with E-state index in [4.69, 9.17) is 39.4 Å². The van der Waals surface area contributed by atoms with E-state index in [9.17, 15) is 0 Å². The van der Waals surface area contributed by atoms with Crippen LogP contribution in [0.5, 0.6) is 0 Å². The van der Waals surface area contributed by atoms with Crippen molar-refractivity contribution in [3.8, 4) is 11.1 Å². The lowest BCUT2D eigenvalue weighted by Crippen LogP contribution is -2.60. The Balaban J connectivity index is 1.67. The molecule has 0 radical (unpaired) electrons. The number of nitrogens with one attached hydrogen (secondary N) is 1. The molecule has 3 aliphatic rings. The highest BCUT2D eigenvalue weighted by Gasteiger charge is 2.52. The van der Waals surface area contributed by atoms with Crippen LogP contribution in [0.15, 0.2) is 6.07 Å². The molecule has 2 saturated heterocycles. The second kappa shape index (κ2) is 8.14. The Bertz CT molecular complexity index is 1140. The summed E-state index contributed by atoms with van der Waals surface area (Å²) < 4.78 is 2.23. The molecule has 0 unspecified atom stereocenters. The van der Waals surface area contributed by atoms with Crippen LogP contribution in [0.2, 0.25) is 10.0 Å². The Labute approximate surface area is 212 Å². The quantitative estimate of drug-likeness (QED) is 0.395. The van der Waals surface area contributed by atoms with E-state index in [0.29, 0.717) is 38.7 Å². The topological polar surface area (TPSA) is 74.2 Å². The molecule has 2 aromatic rings. The summed E-state index contributed by atoms with van der Waals surface area (Å²) in [5.74, 6) is 1.61. The highest BCUT2D eigenvalue weighted by atomic mass is 35.5. The second-order valence-electron chi connectivity index (χ2n) is 11.7. The van der Waals surface area contributed by atoms with E-state index in [1.165, 1.54) is 19.3 Å². The highest BCUT2D eigenvalue weighted by Crippen LogP contribution is 2.55. The maximum absolute atomic E-state index is 8.12. The number of anilines is 2. The molecule has 1 aromatic heterocycles. The molecular weight excluding hydrogens is 467 g/mol. The van der Waals surface area contributed by atoms with E-state index < -0.39 is 0 Å². The molecule has 0 amide bonds. The van der Waals surface area contributed by atoms with Gasteiger partial charge >= 0.3 is 0 Å². The summed E-state index contributed by atoms with van der Waals surface area (Å²) in [5, 5.41) is 14.2. The van der Waals surface area contributed by atoms with Crippen LogP contribution < -0.4 is 10.6 Å². The molecule has 3 heterocycles. The third-order valence-corrected chi connectivity index (χ3v) is 9.18. The van der Waals surface area contributed by atoms with Gasteiger partial charge in [-0.2, -0.15) is 5.10 Å². The first kappa shape index (κ1) is 24.0. The molecule has 1 atom stereocenters. The minimum Gasteiger partial charge on any atom is -0.398 e. The Hall–Kier alpha value is -1.76. The molecule has 3 fully saturated rings. The number of benzene rings is 1. The van der Waals surface area contributed by atoms with Crippen molar-refractivity contribution < 1.29 is 0 Å².